The van der Waals surface area contributed by atoms with Crippen LogP contribution in [0.3, 0.4) is 0 Å². The number of pyridine rings is 1. The zero-order valence-corrected chi connectivity index (χ0v) is 13.2. The van der Waals surface area contributed by atoms with Gasteiger partial charge in [-0.15, -0.1) is 0 Å². The second-order valence-corrected chi connectivity index (χ2v) is 5.87. The molecule has 1 fully saturated rings. The van der Waals surface area contributed by atoms with Crippen LogP contribution in [0.5, 0.6) is 6.01 Å². The SMILES string of the molecule is c1cnc(OCC2CCCN(c3ncnc4ncccc34)C2)nc1. The zero-order chi connectivity index (χ0) is 16.2. The Labute approximate surface area is 139 Å². The van der Waals surface area contributed by atoms with Crippen molar-refractivity contribution in [2.45, 2.75) is 12.8 Å². The van der Waals surface area contributed by atoms with Crippen LogP contribution in [0.2, 0.25) is 0 Å². The topological polar surface area (TPSA) is 76.9 Å². The van der Waals surface area contributed by atoms with E-state index in [1.54, 1.807) is 31.0 Å². The van der Waals surface area contributed by atoms with Crippen molar-refractivity contribution in [3.8, 4) is 6.01 Å². The van der Waals surface area contributed by atoms with Gasteiger partial charge >= 0.3 is 6.01 Å². The van der Waals surface area contributed by atoms with Crippen LogP contribution in [-0.4, -0.2) is 44.6 Å². The van der Waals surface area contributed by atoms with Gasteiger partial charge in [0.25, 0.3) is 0 Å². The van der Waals surface area contributed by atoms with E-state index in [0.29, 0.717) is 18.5 Å². The molecule has 0 aliphatic carbocycles. The summed E-state index contributed by atoms with van der Waals surface area (Å²) in [5, 5.41) is 0.993. The average molecular weight is 322 g/mol. The van der Waals surface area contributed by atoms with Gasteiger partial charge in [-0.05, 0) is 31.0 Å². The van der Waals surface area contributed by atoms with Crippen LogP contribution < -0.4 is 9.64 Å². The lowest BCUT2D eigenvalue weighted by Gasteiger charge is -2.33. The molecule has 0 N–H and O–H groups in total. The molecule has 0 saturated carbocycles. The third kappa shape index (κ3) is 3.10. The summed E-state index contributed by atoms with van der Waals surface area (Å²) < 4.78 is 5.72. The number of aromatic nitrogens is 5. The molecule has 3 aromatic heterocycles. The molecule has 0 radical (unpaired) electrons. The van der Waals surface area contributed by atoms with E-state index in [9.17, 15) is 0 Å². The quantitative estimate of drug-likeness (QED) is 0.728. The van der Waals surface area contributed by atoms with Crippen LogP contribution in [0.25, 0.3) is 11.0 Å². The smallest absolute Gasteiger partial charge is 0.316 e. The predicted octanol–water partition coefficient (Wildman–Crippen LogP) is 2.11. The largest absolute Gasteiger partial charge is 0.463 e. The minimum atomic E-state index is 0.421. The van der Waals surface area contributed by atoms with Crippen LogP contribution in [0, 0.1) is 5.92 Å². The Morgan fingerprint density at radius 1 is 1.04 bits per heavy atom. The van der Waals surface area contributed by atoms with Crippen molar-refractivity contribution >= 4 is 16.9 Å². The Morgan fingerprint density at radius 2 is 1.92 bits per heavy atom. The summed E-state index contributed by atoms with van der Waals surface area (Å²) in [6.07, 6.45) is 8.96. The van der Waals surface area contributed by atoms with Crippen LogP contribution >= 0.6 is 0 Å². The lowest BCUT2D eigenvalue weighted by Crippen LogP contribution is -2.38. The van der Waals surface area contributed by atoms with E-state index >= 15 is 0 Å². The maximum Gasteiger partial charge on any atom is 0.316 e. The summed E-state index contributed by atoms with van der Waals surface area (Å²) >= 11 is 0. The Bertz CT molecular complexity index is 807. The first-order chi connectivity index (χ1) is 11.9. The van der Waals surface area contributed by atoms with E-state index in [2.05, 4.69) is 29.8 Å². The highest BCUT2D eigenvalue weighted by Gasteiger charge is 2.23. The first-order valence-electron chi connectivity index (χ1n) is 8.10. The summed E-state index contributed by atoms with van der Waals surface area (Å²) in [6, 6.07) is 6.16. The first-order valence-corrected chi connectivity index (χ1v) is 8.10. The molecule has 1 saturated heterocycles. The molecule has 0 amide bonds. The number of piperidine rings is 1. The monoisotopic (exact) mass is 322 g/mol. The standard InChI is InChI=1S/C17H18N6O/c1-5-14-15(18-6-1)21-12-22-16(14)23-9-2-4-13(10-23)11-24-17-19-7-3-8-20-17/h1,3,5-8,12-13H,2,4,9-11H2. The molecule has 1 unspecified atom stereocenters. The van der Waals surface area contributed by atoms with Gasteiger partial charge in [0.05, 0.1) is 12.0 Å². The fourth-order valence-electron chi connectivity index (χ4n) is 3.08. The van der Waals surface area contributed by atoms with Crippen molar-refractivity contribution in [2.24, 2.45) is 5.92 Å². The molecular weight excluding hydrogens is 304 g/mol. The minimum absolute atomic E-state index is 0.421. The number of hydrogen-bond donors (Lipinski definition) is 0. The maximum atomic E-state index is 5.72. The van der Waals surface area contributed by atoms with Gasteiger partial charge < -0.3 is 9.64 Å². The van der Waals surface area contributed by atoms with Crippen molar-refractivity contribution in [1.29, 1.82) is 0 Å². The second-order valence-electron chi connectivity index (χ2n) is 5.87. The molecule has 24 heavy (non-hydrogen) atoms. The minimum Gasteiger partial charge on any atom is -0.463 e. The molecule has 7 nitrogen and oxygen atoms in total. The number of nitrogens with zero attached hydrogens (tertiary/aromatic N) is 6. The molecule has 4 rings (SSSR count). The van der Waals surface area contributed by atoms with Crippen molar-refractivity contribution in [2.75, 3.05) is 24.6 Å². The summed E-state index contributed by atoms with van der Waals surface area (Å²) in [6.45, 7) is 2.50. The van der Waals surface area contributed by atoms with Gasteiger partial charge in [-0.1, -0.05) is 0 Å². The first kappa shape index (κ1) is 14.7. The maximum absolute atomic E-state index is 5.72. The van der Waals surface area contributed by atoms with Crippen molar-refractivity contribution in [3.63, 3.8) is 0 Å². The Hall–Kier alpha value is -2.83. The molecule has 0 bridgehead atoms. The summed E-state index contributed by atoms with van der Waals surface area (Å²) in [5.74, 6) is 1.37. The fourth-order valence-corrected chi connectivity index (χ4v) is 3.08. The molecule has 0 aromatic carbocycles. The number of fused-ring (bicyclic) bond motifs is 1. The molecule has 1 aliphatic heterocycles. The molecular formula is C17H18N6O. The van der Waals surface area contributed by atoms with Gasteiger partial charge in [0.2, 0.25) is 0 Å². The van der Waals surface area contributed by atoms with E-state index < -0.39 is 0 Å². The predicted molar refractivity (Wildman–Crippen MR) is 89.8 cm³/mol. The van der Waals surface area contributed by atoms with E-state index in [4.69, 9.17) is 4.74 Å². The highest BCUT2D eigenvalue weighted by atomic mass is 16.5. The number of ether oxygens (including phenoxy) is 1. The summed E-state index contributed by atoms with van der Waals surface area (Å²) in [5.41, 5.74) is 0.735. The molecule has 3 aromatic rings. The zero-order valence-electron chi connectivity index (χ0n) is 13.2. The molecule has 4 heterocycles. The van der Waals surface area contributed by atoms with E-state index in [1.807, 2.05) is 12.1 Å². The van der Waals surface area contributed by atoms with E-state index in [0.717, 1.165) is 42.8 Å². The van der Waals surface area contributed by atoms with Gasteiger partial charge in [-0.3, -0.25) is 0 Å². The Kier molecular flexibility index (Phi) is 4.14. The third-order valence-electron chi connectivity index (χ3n) is 4.20. The fraction of sp³-hybridized carbons (Fsp3) is 0.353. The molecule has 1 atom stereocenters. The lowest BCUT2D eigenvalue weighted by atomic mass is 9.99. The van der Waals surface area contributed by atoms with Gasteiger partial charge in [0, 0.05) is 37.6 Å². The van der Waals surface area contributed by atoms with Crippen molar-refractivity contribution in [1.82, 2.24) is 24.9 Å². The number of hydrogen-bond acceptors (Lipinski definition) is 7. The molecule has 7 heteroatoms. The van der Waals surface area contributed by atoms with Crippen LogP contribution in [0.1, 0.15) is 12.8 Å². The highest BCUT2D eigenvalue weighted by Crippen LogP contribution is 2.26. The van der Waals surface area contributed by atoms with Gasteiger partial charge in [0.1, 0.15) is 12.1 Å². The summed E-state index contributed by atoms with van der Waals surface area (Å²) in [7, 11) is 0. The summed E-state index contributed by atoms with van der Waals surface area (Å²) in [4.78, 5) is 23.6. The Balaban J connectivity index is 1.48. The van der Waals surface area contributed by atoms with E-state index in [-0.39, 0.29) is 0 Å². The van der Waals surface area contributed by atoms with Crippen LogP contribution in [0.15, 0.2) is 43.1 Å². The third-order valence-corrected chi connectivity index (χ3v) is 4.20. The van der Waals surface area contributed by atoms with Crippen LogP contribution in [0.4, 0.5) is 5.82 Å². The van der Waals surface area contributed by atoms with Crippen molar-refractivity contribution < 1.29 is 4.74 Å². The average Bonchev–Trinajstić information content (AvgIpc) is 2.67. The van der Waals surface area contributed by atoms with Gasteiger partial charge in [-0.2, -0.15) is 0 Å². The van der Waals surface area contributed by atoms with Gasteiger partial charge in [-0.25, -0.2) is 24.9 Å². The van der Waals surface area contributed by atoms with Crippen LogP contribution in [-0.2, 0) is 0 Å². The van der Waals surface area contributed by atoms with Gasteiger partial charge in [0.15, 0.2) is 5.65 Å². The molecule has 0 spiro atoms. The van der Waals surface area contributed by atoms with Crippen molar-refractivity contribution in [3.05, 3.63) is 43.1 Å². The number of anilines is 1. The molecule has 122 valence electrons. The number of rotatable bonds is 4. The van der Waals surface area contributed by atoms with E-state index in [1.165, 1.54) is 0 Å². The Morgan fingerprint density at radius 3 is 2.83 bits per heavy atom. The highest BCUT2D eigenvalue weighted by molar-refractivity contribution is 5.86. The normalized spacial score (nSPS) is 17.8. The molecule has 1 aliphatic rings. The lowest BCUT2D eigenvalue weighted by molar-refractivity contribution is 0.214. The second kappa shape index (κ2) is 6.74.